The molecule has 3 rings (SSSR count). The second-order valence-electron chi connectivity index (χ2n) is 4.88. The van der Waals surface area contributed by atoms with E-state index in [9.17, 15) is 4.79 Å². The first-order chi connectivity index (χ1) is 6.36. The van der Waals surface area contributed by atoms with Gasteiger partial charge in [-0.2, -0.15) is 0 Å². The summed E-state index contributed by atoms with van der Waals surface area (Å²) in [6, 6.07) is 0.684. The van der Waals surface area contributed by atoms with Crippen molar-refractivity contribution in [3.8, 4) is 0 Å². The maximum Gasteiger partial charge on any atom is 0.136 e. The smallest absolute Gasteiger partial charge is 0.136 e. The first kappa shape index (κ1) is 7.98. The summed E-state index contributed by atoms with van der Waals surface area (Å²) < 4.78 is 0. The molecule has 3 aliphatic rings. The predicted octanol–water partition coefficient (Wildman–Crippen LogP) is 1.35. The van der Waals surface area contributed by atoms with Crippen LogP contribution in [0.5, 0.6) is 0 Å². The maximum atomic E-state index is 11.7. The Balaban J connectivity index is 1.87. The molecule has 0 amide bonds. The van der Waals surface area contributed by atoms with E-state index in [4.69, 9.17) is 0 Å². The first-order valence-electron chi connectivity index (χ1n) is 5.62. The fourth-order valence-electron chi connectivity index (χ4n) is 3.78. The number of carbonyl (C=O) groups is 1. The number of fused-ring (bicyclic) bond motifs is 3. The van der Waals surface area contributed by atoms with Crippen molar-refractivity contribution in [1.29, 1.82) is 0 Å². The van der Waals surface area contributed by atoms with Gasteiger partial charge in [0.05, 0.1) is 0 Å². The van der Waals surface area contributed by atoms with Gasteiger partial charge in [0.25, 0.3) is 0 Å². The second kappa shape index (κ2) is 2.81. The summed E-state index contributed by atoms with van der Waals surface area (Å²) in [7, 11) is 0. The predicted molar refractivity (Wildman–Crippen MR) is 50.4 cm³/mol. The third kappa shape index (κ3) is 1.08. The summed E-state index contributed by atoms with van der Waals surface area (Å²) in [6.45, 7) is 1.14. The van der Waals surface area contributed by atoms with Gasteiger partial charge >= 0.3 is 0 Å². The minimum absolute atomic E-state index is 0.453. The van der Waals surface area contributed by atoms with Crippen molar-refractivity contribution in [1.82, 2.24) is 5.32 Å². The molecular formula is C11H17NO. The molecule has 13 heavy (non-hydrogen) atoms. The van der Waals surface area contributed by atoms with Gasteiger partial charge in [-0.3, -0.25) is 4.79 Å². The van der Waals surface area contributed by atoms with Crippen LogP contribution in [0.25, 0.3) is 0 Å². The van der Waals surface area contributed by atoms with Gasteiger partial charge in [-0.15, -0.1) is 0 Å². The van der Waals surface area contributed by atoms with Crippen molar-refractivity contribution in [2.45, 2.75) is 38.1 Å². The summed E-state index contributed by atoms with van der Waals surface area (Å²) in [5, 5.41) is 3.54. The fraction of sp³-hybridized carbons (Fsp3) is 0.909. The molecule has 1 saturated heterocycles. The standard InChI is InChI=1S/C11H17NO/c13-10-4-2-7-1-3-9-8(11(7)10)5-6-12-9/h7-9,11-12H,1-6H2. The molecule has 72 valence electrons. The Morgan fingerprint density at radius 3 is 3.00 bits per heavy atom. The normalized spacial score (nSPS) is 49.1. The number of nitrogens with one attached hydrogen (secondary N) is 1. The van der Waals surface area contributed by atoms with Crippen molar-refractivity contribution in [3.63, 3.8) is 0 Å². The number of carbonyl (C=O) groups excluding carboxylic acids is 1. The van der Waals surface area contributed by atoms with Crippen molar-refractivity contribution >= 4 is 5.78 Å². The Labute approximate surface area is 79.1 Å². The summed E-state index contributed by atoms with van der Waals surface area (Å²) >= 11 is 0. The van der Waals surface area contributed by atoms with Crippen LogP contribution in [0, 0.1) is 17.8 Å². The molecule has 4 unspecified atom stereocenters. The lowest BCUT2D eigenvalue weighted by atomic mass is 9.71. The summed E-state index contributed by atoms with van der Waals surface area (Å²) in [5.74, 6) is 2.49. The van der Waals surface area contributed by atoms with Gasteiger partial charge < -0.3 is 5.32 Å². The van der Waals surface area contributed by atoms with Crippen LogP contribution in [0.4, 0.5) is 0 Å². The summed E-state index contributed by atoms with van der Waals surface area (Å²) in [6.07, 6.45) is 5.92. The molecule has 0 radical (unpaired) electrons. The number of Topliss-reactive ketones (excluding diaryl/α,β-unsaturated/α-hetero) is 1. The largest absolute Gasteiger partial charge is 0.314 e. The van der Waals surface area contributed by atoms with Gasteiger partial charge in [0.1, 0.15) is 5.78 Å². The van der Waals surface area contributed by atoms with Crippen molar-refractivity contribution in [3.05, 3.63) is 0 Å². The molecule has 2 heteroatoms. The molecule has 1 heterocycles. The van der Waals surface area contributed by atoms with Gasteiger partial charge in [0.2, 0.25) is 0 Å². The molecular weight excluding hydrogens is 162 g/mol. The van der Waals surface area contributed by atoms with Crippen LogP contribution in [0.15, 0.2) is 0 Å². The molecule has 2 nitrogen and oxygen atoms in total. The van der Waals surface area contributed by atoms with Gasteiger partial charge in [-0.25, -0.2) is 0 Å². The van der Waals surface area contributed by atoms with E-state index < -0.39 is 0 Å². The van der Waals surface area contributed by atoms with Crippen LogP contribution >= 0.6 is 0 Å². The van der Waals surface area contributed by atoms with Gasteiger partial charge in [-0.05, 0) is 44.1 Å². The van der Waals surface area contributed by atoms with E-state index in [1.807, 2.05) is 0 Å². The van der Waals surface area contributed by atoms with Gasteiger partial charge in [0.15, 0.2) is 0 Å². The van der Waals surface area contributed by atoms with Gasteiger partial charge in [-0.1, -0.05) is 0 Å². The molecule has 2 aliphatic carbocycles. The molecule has 1 N–H and O–H groups in total. The zero-order valence-electron chi connectivity index (χ0n) is 7.96. The van der Waals surface area contributed by atoms with E-state index in [-0.39, 0.29) is 0 Å². The highest BCUT2D eigenvalue weighted by molar-refractivity contribution is 5.84. The van der Waals surface area contributed by atoms with Crippen LogP contribution in [0.2, 0.25) is 0 Å². The van der Waals surface area contributed by atoms with Gasteiger partial charge in [0, 0.05) is 18.4 Å². The number of rotatable bonds is 0. The van der Waals surface area contributed by atoms with E-state index in [0.717, 1.165) is 18.9 Å². The molecule has 1 aliphatic heterocycles. The molecule has 0 aromatic rings. The van der Waals surface area contributed by atoms with Crippen molar-refractivity contribution in [2.24, 2.45) is 17.8 Å². The van der Waals surface area contributed by atoms with Crippen molar-refractivity contribution < 1.29 is 4.79 Å². The Bertz CT molecular complexity index is 238. The minimum Gasteiger partial charge on any atom is -0.314 e. The van der Waals surface area contributed by atoms with E-state index >= 15 is 0 Å². The molecule has 0 bridgehead atoms. The van der Waals surface area contributed by atoms with Crippen LogP contribution in [0.1, 0.15) is 32.1 Å². The molecule has 0 spiro atoms. The Hall–Kier alpha value is -0.370. The van der Waals surface area contributed by atoms with E-state index in [1.54, 1.807) is 0 Å². The molecule has 3 fully saturated rings. The number of hydrogen-bond donors (Lipinski definition) is 1. The third-order valence-corrected chi connectivity index (χ3v) is 4.35. The highest BCUT2D eigenvalue weighted by Gasteiger charge is 2.47. The highest BCUT2D eigenvalue weighted by Crippen LogP contribution is 2.46. The zero-order chi connectivity index (χ0) is 8.84. The molecule has 0 aromatic heterocycles. The summed E-state index contributed by atoms with van der Waals surface area (Å²) in [5.41, 5.74) is 0. The van der Waals surface area contributed by atoms with Crippen LogP contribution in [0.3, 0.4) is 0 Å². The highest BCUT2D eigenvalue weighted by atomic mass is 16.1. The second-order valence-corrected chi connectivity index (χ2v) is 4.88. The minimum atomic E-state index is 0.453. The van der Waals surface area contributed by atoms with E-state index in [1.165, 1.54) is 25.7 Å². The van der Waals surface area contributed by atoms with Crippen LogP contribution < -0.4 is 5.32 Å². The first-order valence-corrected chi connectivity index (χ1v) is 5.62. The van der Waals surface area contributed by atoms with Crippen LogP contribution in [-0.4, -0.2) is 18.4 Å². The molecule has 2 saturated carbocycles. The molecule has 4 atom stereocenters. The maximum absolute atomic E-state index is 11.7. The zero-order valence-corrected chi connectivity index (χ0v) is 7.96. The van der Waals surface area contributed by atoms with Crippen molar-refractivity contribution in [2.75, 3.05) is 6.54 Å². The average molecular weight is 179 g/mol. The Morgan fingerprint density at radius 2 is 2.08 bits per heavy atom. The Morgan fingerprint density at radius 1 is 1.15 bits per heavy atom. The lowest BCUT2D eigenvalue weighted by Crippen LogP contribution is -2.39. The molecule has 0 aromatic carbocycles. The monoisotopic (exact) mass is 179 g/mol. The lowest BCUT2D eigenvalue weighted by Gasteiger charge is -2.34. The number of ketones is 1. The van der Waals surface area contributed by atoms with E-state index in [0.29, 0.717) is 23.7 Å². The Kier molecular flexibility index (Phi) is 1.72. The SMILES string of the molecule is O=C1CCC2CCC3NCCC3C12. The van der Waals surface area contributed by atoms with Crippen LogP contribution in [-0.2, 0) is 4.79 Å². The fourth-order valence-corrected chi connectivity index (χ4v) is 3.78. The average Bonchev–Trinajstić information content (AvgIpc) is 2.70. The number of hydrogen-bond acceptors (Lipinski definition) is 2. The third-order valence-electron chi connectivity index (χ3n) is 4.35. The lowest BCUT2D eigenvalue weighted by molar-refractivity contribution is -0.123. The summed E-state index contributed by atoms with van der Waals surface area (Å²) in [4.78, 5) is 11.7. The quantitative estimate of drug-likeness (QED) is 0.608. The topological polar surface area (TPSA) is 29.1 Å². The van der Waals surface area contributed by atoms with E-state index in [2.05, 4.69) is 5.32 Å².